The predicted molar refractivity (Wildman–Crippen MR) is 113 cm³/mol. The zero-order valence-electron chi connectivity index (χ0n) is 15.9. The highest BCUT2D eigenvalue weighted by Gasteiger charge is 2.16. The highest BCUT2D eigenvalue weighted by Crippen LogP contribution is 2.23. The monoisotopic (exact) mass is 422 g/mol. The summed E-state index contributed by atoms with van der Waals surface area (Å²) >= 11 is 1.07. The number of nitrogens with zero attached hydrogens (tertiary/aromatic N) is 2. The molecule has 0 radical (unpaired) electrons. The summed E-state index contributed by atoms with van der Waals surface area (Å²) in [7, 11) is 0. The lowest BCUT2D eigenvalue weighted by Gasteiger charge is -2.13. The van der Waals surface area contributed by atoms with Gasteiger partial charge in [-0.3, -0.25) is 14.2 Å². The minimum Gasteiger partial charge on any atom is -0.293 e. The Hall–Kier alpha value is -3.32. The van der Waals surface area contributed by atoms with Crippen LogP contribution in [-0.2, 0) is 0 Å². The van der Waals surface area contributed by atoms with Crippen LogP contribution in [0.25, 0.3) is 16.6 Å². The van der Waals surface area contributed by atoms with Crippen LogP contribution in [0.1, 0.15) is 15.9 Å². The van der Waals surface area contributed by atoms with E-state index in [-0.39, 0.29) is 22.3 Å². The molecule has 0 aliphatic rings. The van der Waals surface area contributed by atoms with Gasteiger partial charge in [0, 0.05) is 5.56 Å². The zero-order valence-corrected chi connectivity index (χ0v) is 16.7. The van der Waals surface area contributed by atoms with Gasteiger partial charge in [0.2, 0.25) is 0 Å². The maximum Gasteiger partial charge on any atom is 0.266 e. The standard InChI is InChI=1S/C23H16F2N2O2S/c1-14-6-11-17(12-19(14)25)27-22(29)18-4-2-3-5-20(18)26-23(27)30-13-21(28)15-7-9-16(24)10-8-15/h2-12H,13H2,1H3. The van der Waals surface area contributed by atoms with E-state index in [2.05, 4.69) is 4.98 Å². The second-order valence-electron chi connectivity index (χ2n) is 6.70. The smallest absolute Gasteiger partial charge is 0.266 e. The van der Waals surface area contributed by atoms with E-state index in [1.165, 1.54) is 34.9 Å². The SMILES string of the molecule is Cc1ccc(-n2c(SCC(=O)c3ccc(F)cc3)nc3ccccc3c2=O)cc1F. The fourth-order valence-electron chi connectivity index (χ4n) is 3.01. The number of hydrogen-bond donors (Lipinski definition) is 0. The van der Waals surface area contributed by atoms with E-state index in [4.69, 9.17) is 0 Å². The van der Waals surface area contributed by atoms with Crippen LogP contribution in [0.4, 0.5) is 8.78 Å². The summed E-state index contributed by atoms with van der Waals surface area (Å²) in [5, 5.41) is 0.671. The van der Waals surface area contributed by atoms with Crippen molar-refractivity contribution in [3.63, 3.8) is 0 Å². The van der Waals surface area contributed by atoms with Crippen LogP contribution in [-0.4, -0.2) is 21.1 Å². The molecule has 0 unspecified atom stereocenters. The quantitative estimate of drug-likeness (QED) is 0.260. The van der Waals surface area contributed by atoms with Crippen molar-refractivity contribution >= 4 is 28.4 Å². The van der Waals surface area contributed by atoms with E-state index in [0.717, 1.165) is 11.8 Å². The summed E-state index contributed by atoms with van der Waals surface area (Å²) in [5.41, 5.74) is 1.29. The number of fused-ring (bicyclic) bond motifs is 1. The third kappa shape index (κ3) is 3.89. The van der Waals surface area contributed by atoms with Crippen molar-refractivity contribution in [3.05, 3.63) is 99.8 Å². The molecule has 0 aliphatic heterocycles. The average molecular weight is 422 g/mol. The molecule has 0 bridgehead atoms. The number of para-hydroxylation sites is 1. The number of aryl methyl sites for hydroxylation is 1. The van der Waals surface area contributed by atoms with Crippen molar-refractivity contribution in [1.82, 2.24) is 9.55 Å². The Morgan fingerprint density at radius 1 is 1.03 bits per heavy atom. The van der Waals surface area contributed by atoms with E-state index in [1.54, 1.807) is 43.3 Å². The molecule has 4 rings (SSSR count). The van der Waals surface area contributed by atoms with E-state index in [0.29, 0.717) is 27.7 Å². The topological polar surface area (TPSA) is 52.0 Å². The molecule has 0 saturated heterocycles. The molecular formula is C23H16F2N2O2S. The van der Waals surface area contributed by atoms with E-state index in [1.807, 2.05) is 0 Å². The summed E-state index contributed by atoms with van der Waals surface area (Å²) in [6.07, 6.45) is 0. The molecule has 4 nitrogen and oxygen atoms in total. The molecule has 7 heteroatoms. The van der Waals surface area contributed by atoms with Crippen molar-refractivity contribution in [2.45, 2.75) is 12.1 Å². The third-order valence-corrected chi connectivity index (χ3v) is 5.60. The largest absolute Gasteiger partial charge is 0.293 e. The molecule has 150 valence electrons. The fourth-order valence-corrected chi connectivity index (χ4v) is 3.91. The number of thioether (sulfide) groups is 1. The van der Waals surface area contributed by atoms with Gasteiger partial charge in [-0.15, -0.1) is 0 Å². The minimum absolute atomic E-state index is 0.00917. The van der Waals surface area contributed by atoms with Gasteiger partial charge >= 0.3 is 0 Å². The fraction of sp³-hybridized carbons (Fsp3) is 0.0870. The highest BCUT2D eigenvalue weighted by atomic mass is 32.2. The molecule has 4 aromatic rings. The van der Waals surface area contributed by atoms with Crippen LogP contribution in [0.15, 0.2) is 76.7 Å². The number of Topliss-reactive ketones (excluding diaryl/α,β-unsaturated/α-hetero) is 1. The average Bonchev–Trinajstić information content (AvgIpc) is 2.75. The number of aromatic nitrogens is 2. The van der Waals surface area contributed by atoms with Crippen LogP contribution >= 0.6 is 11.8 Å². The maximum atomic E-state index is 14.2. The molecular weight excluding hydrogens is 406 g/mol. The molecule has 30 heavy (non-hydrogen) atoms. The Morgan fingerprint density at radius 2 is 1.77 bits per heavy atom. The first-order valence-electron chi connectivity index (χ1n) is 9.14. The predicted octanol–water partition coefficient (Wildman–Crippen LogP) is 4.95. The van der Waals surface area contributed by atoms with Crippen molar-refractivity contribution in [3.8, 4) is 5.69 Å². The number of ketones is 1. The van der Waals surface area contributed by atoms with Gasteiger partial charge in [-0.2, -0.15) is 0 Å². The molecule has 0 amide bonds. The van der Waals surface area contributed by atoms with Gasteiger partial charge in [0.25, 0.3) is 5.56 Å². The minimum atomic E-state index is -0.439. The van der Waals surface area contributed by atoms with Gasteiger partial charge in [-0.1, -0.05) is 30.0 Å². The van der Waals surface area contributed by atoms with E-state index in [9.17, 15) is 18.4 Å². The molecule has 1 heterocycles. The van der Waals surface area contributed by atoms with Crippen molar-refractivity contribution in [1.29, 1.82) is 0 Å². The molecule has 0 aliphatic carbocycles. The number of carbonyl (C=O) groups is 1. The van der Waals surface area contributed by atoms with Gasteiger partial charge < -0.3 is 0 Å². The number of rotatable bonds is 5. The first kappa shape index (κ1) is 20.0. The van der Waals surface area contributed by atoms with Crippen LogP contribution in [0.3, 0.4) is 0 Å². The first-order chi connectivity index (χ1) is 14.4. The molecule has 0 fully saturated rings. The van der Waals surface area contributed by atoms with Gasteiger partial charge in [-0.25, -0.2) is 13.8 Å². The second kappa shape index (κ2) is 8.20. The maximum absolute atomic E-state index is 14.2. The van der Waals surface area contributed by atoms with Crippen molar-refractivity contribution in [2.24, 2.45) is 0 Å². The molecule has 0 spiro atoms. The molecule has 0 atom stereocenters. The summed E-state index contributed by atoms with van der Waals surface area (Å²) in [6, 6.07) is 16.6. The Balaban J connectivity index is 1.77. The van der Waals surface area contributed by atoms with Gasteiger partial charge in [0.15, 0.2) is 10.9 Å². The normalized spacial score (nSPS) is 11.0. The Bertz CT molecular complexity index is 1320. The molecule has 1 aromatic heterocycles. The third-order valence-electron chi connectivity index (χ3n) is 4.66. The van der Waals surface area contributed by atoms with Crippen LogP contribution < -0.4 is 5.56 Å². The van der Waals surface area contributed by atoms with Crippen LogP contribution in [0.2, 0.25) is 0 Å². The van der Waals surface area contributed by atoms with Gasteiger partial charge in [-0.05, 0) is 61.0 Å². The lowest BCUT2D eigenvalue weighted by atomic mass is 10.1. The van der Waals surface area contributed by atoms with E-state index >= 15 is 0 Å². The molecule has 3 aromatic carbocycles. The Kier molecular flexibility index (Phi) is 5.46. The Labute approximate surface area is 175 Å². The summed E-state index contributed by atoms with van der Waals surface area (Å²) in [4.78, 5) is 30.2. The number of benzene rings is 3. The van der Waals surface area contributed by atoms with Gasteiger partial charge in [0.05, 0.1) is 22.3 Å². The highest BCUT2D eigenvalue weighted by molar-refractivity contribution is 7.99. The molecule has 0 saturated carbocycles. The van der Waals surface area contributed by atoms with E-state index < -0.39 is 11.6 Å². The first-order valence-corrected chi connectivity index (χ1v) is 10.1. The Morgan fingerprint density at radius 3 is 2.50 bits per heavy atom. The molecule has 0 N–H and O–H groups in total. The number of halogens is 2. The van der Waals surface area contributed by atoms with Crippen LogP contribution in [0, 0.1) is 18.6 Å². The zero-order chi connectivity index (χ0) is 21.3. The number of hydrogen-bond acceptors (Lipinski definition) is 4. The lowest BCUT2D eigenvalue weighted by molar-refractivity contribution is 0.102. The second-order valence-corrected chi connectivity index (χ2v) is 7.65. The number of carbonyl (C=O) groups excluding carboxylic acids is 1. The van der Waals surface area contributed by atoms with Crippen molar-refractivity contribution < 1.29 is 13.6 Å². The summed E-state index contributed by atoms with van der Waals surface area (Å²) in [6.45, 7) is 1.64. The van der Waals surface area contributed by atoms with Crippen LogP contribution in [0.5, 0.6) is 0 Å². The van der Waals surface area contributed by atoms with Crippen molar-refractivity contribution in [2.75, 3.05) is 5.75 Å². The van der Waals surface area contributed by atoms with Gasteiger partial charge in [0.1, 0.15) is 11.6 Å². The lowest BCUT2D eigenvalue weighted by Crippen LogP contribution is -2.22. The summed E-state index contributed by atoms with van der Waals surface area (Å²) < 4.78 is 28.6. The summed E-state index contributed by atoms with van der Waals surface area (Å²) in [5.74, 6) is -1.11.